The molecule has 1 aromatic carbocycles. The van der Waals surface area contributed by atoms with Gasteiger partial charge in [-0.1, -0.05) is 0 Å². The van der Waals surface area contributed by atoms with Crippen LogP contribution < -0.4 is 9.64 Å². The largest absolute Gasteiger partial charge is 0.494 e. The van der Waals surface area contributed by atoms with Crippen LogP contribution in [-0.2, 0) is 4.74 Å². The van der Waals surface area contributed by atoms with Gasteiger partial charge in [0.15, 0.2) is 17.2 Å². The first-order valence-electron chi connectivity index (χ1n) is 12.4. The SMILES string of the molecule is COc1cc2c(-c3cnn4cc(N5CC6CN(C(=O)OC(C)(C)C)CC6C5)cnc34)ccnc2cc1F. The Morgan fingerprint density at radius 2 is 1.81 bits per heavy atom. The lowest BCUT2D eigenvalue weighted by atomic mass is 10.0. The maximum Gasteiger partial charge on any atom is 0.410 e. The highest BCUT2D eigenvalue weighted by Crippen LogP contribution is 2.36. The number of methoxy groups -OCH3 is 1. The predicted octanol–water partition coefficient (Wildman–Crippen LogP) is 4.40. The minimum absolute atomic E-state index is 0.165. The fraction of sp³-hybridized carbons (Fsp3) is 0.407. The Morgan fingerprint density at radius 3 is 2.51 bits per heavy atom. The quantitative estimate of drug-likeness (QED) is 0.409. The van der Waals surface area contributed by atoms with Crippen molar-refractivity contribution in [3.63, 3.8) is 0 Å². The first-order valence-corrected chi connectivity index (χ1v) is 12.4. The number of fused-ring (bicyclic) bond motifs is 3. The highest BCUT2D eigenvalue weighted by Gasteiger charge is 2.43. The minimum Gasteiger partial charge on any atom is -0.494 e. The number of carbonyl (C=O) groups is 1. The van der Waals surface area contributed by atoms with E-state index in [2.05, 4.69) is 15.0 Å². The third-order valence-electron chi connectivity index (χ3n) is 7.15. The lowest BCUT2D eigenvalue weighted by Crippen LogP contribution is -2.37. The summed E-state index contributed by atoms with van der Waals surface area (Å²) in [7, 11) is 1.44. The van der Waals surface area contributed by atoms with E-state index in [9.17, 15) is 9.18 Å². The third-order valence-corrected chi connectivity index (χ3v) is 7.15. The normalized spacial score (nSPS) is 19.6. The highest BCUT2D eigenvalue weighted by molar-refractivity contribution is 5.98. The van der Waals surface area contributed by atoms with Gasteiger partial charge in [-0.05, 0) is 38.5 Å². The Hall–Kier alpha value is -3.95. The van der Waals surface area contributed by atoms with Gasteiger partial charge in [-0.25, -0.2) is 18.7 Å². The van der Waals surface area contributed by atoms with Crippen LogP contribution in [0.25, 0.3) is 27.7 Å². The molecule has 2 aliphatic heterocycles. The Balaban J connectivity index is 1.23. The van der Waals surface area contributed by atoms with E-state index in [-0.39, 0.29) is 11.8 Å². The summed E-state index contributed by atoms with van der Waals surface area (Å²) in [6.45, 7) is 8.79. The van der Waals surface area contributed by atoms with Gasteiger partial charge in [0.2, 0.25) is 0 Å². The average molecular weight is 505 g/mol. The number of anilines is 1. The van der Waals surface area contributed by atoms with Gasteiger partial charge in [0.1, 0.15) is 5.60 Å². The van der Waals surface area contributed by atoms with E-state index >= 15 is 0 Å². The molecule has 1 amide bonds. The molecule has 4 aromatic rings. The van der Waals surface area contributed by atoms with Crippen LogP contribution in [0, 0.1) is 17.7 Å². The molecular formula is C27H29FN6O3. The molecule has 3 aromatic heterocycles. The molecule has 0 saturated carbocycles. The van der Waals surface area contributed by atoms with Crippen LogP contribution in [-0.4, -0.2) is 69.5 Å². The lowest BCUT2D eigenvalue weighted by Gasteiger charge is -2.26. The van der Waals surface area contributed by atoms with Crippen molar-refractivity contribution in [1.29, 1.82) is 0 Å². The number of nitrogens with zero attached hydrogens (tertiary/aromatic N) is 6. The smallest absolute Gasteiger partial charge is 0.410 e. The summed E-state index contributed by atoms with van der Waals surface area (Å²) in [4.78, 5) is 25.7. The van der Waals surface area contributed by atoms with Crippen LogP contribution in [0.2, 0.25) is 0 Å². The summed E-state index contributed by atoms with van der Waals surface area (Å²) >= 11 is 0. The summed E-state index contributed by atoms with van der Waals surface area (Å²) < 4.78 is 26.7. The standard InChI is InChI=1S/C27H29FN6O3/c1-27(2,3)37-26(35)33-13-16-11-32(12-17(16)14-33)18-9-30-25-21(10-31-34(25)15-18)19-5-6-29-23-8-22(28)24(36-4)7-20(19)23/h5-10,15-17H,11-14H2,1-4H3. The number of hydrogen-bond acceptors (Lipinski definition) is 7. The maximum atomic E-state index is 14.2. The molecule has 0 bridgehead atoms. The van der Waals surface area contributed by atoms with Crippen molar-refractivity contribution in [1.82, 2.24) is 24.5 Å². The van der Waals surface area contributed by atoms with Crippen molar-refractivity contribution in [2.75, 3.05) is 38.2 Å². The molecule has 2 aliphatic rings. The zero-order chi connectivity index (χ0) is 25.9. The van der Waals surface area contributed by atoms with Crippen LogP contribution in [0.5, 0.6) is 5.75 Å². The first kappa shape index (κ1) is 23.4. The number of likely N-dealkylation sites (tertiary alicyclic amines) is 1. The van der Waals surface area contributed by atoms with Gasteiger partial charge in [0.25, 0.3) is 0 Å². The molecule has 10 heteroatoms. The van der Waals surface area contributed by atoms with Gasteiger partial charge in [-0.2, -0.15) is 5.10 Å². The summed E-state index contributed by atoms with van der Waals surface area (Å²) in [5, 5.41) is 5.33. The number of hydrogen-bond donors (Lipinski definition) is 0. The van der Waals surface area contributed by atoms with Crippen molar-refractivity contribution in [2.45, 2.75) is 26.4 Å². The average Bonchev–Trinajstić information content (AvgIpc) is 3.55. The number of amides is 1. The number of benzene rings is 1. The first-order chi connectivity index (χ1) is 17.7. The van der Waals surface area contributed by atoms with E-state index in [4.69, 9.17) is 14.5 Å². The van der Waals surface area contributed by atoms with Crippen LogP contribution in [0.15, 0.2) is 43.0 Å². The molecule has 0 aliphatic carbocycles. The van der Waals surface area contributed by atoms with Crippen LogP contribution >= 0.6 is 0 Å². The molecule has 2 atom stereocenters. The molecule has 6 rings (SSSR count). The van der Waals surface area contributed by atoms with E-state index in [0.29, 0.717) is 36.1 Å². The van der Waals surface area contributed by atoms with E-state index in [1.54, 1.807) is 23.0 Å². The van der Waals surface area contributed by atoms with E-state index in [0.717, 1.165) is 35.3 Å². The number of ether oxygens (including phenoxy) is 2. The van der Waals surface area contributed by atoms with Crippen LogP contribution in [0.4, 0.5) is 14.9 Å². The number of rotatable bonds is 3. The van der Waals surface area contributed by atoms with Gasteiger partial charge in [0, 0.05) is 61.2 Å². The number of carbonyl (C=O) groups excluding carboxylic acids is 1. The second kappa shape index (κ2) is 8.57. The number of aromatic nitrogens is 4. The van der Waals surface area contributed by atoms with Gasteiger partial charge >= 0.3 is 6.09 Å². The van der Waals surface area contributed by atoms with Crippen LogP contribution in [0.3, 0.4) is 0 Å². The van der Waals surface area contributed by atoms with Gasteiger partial charge in [-0.3, -0.25) is 4.98 Å². The number of halogens is 1. The second-order valence-corrected chi connectivity index (χ2v) is 10.8. The zero-order valence-corrected chi connectivity index (χ0v) is 21.3. The molecule has 2 fully saturated rings. The van der Waals surface area contributed by atoms with E-state index in [1.165, 1.54) is 13.2 Å². The van der Waals surface area contributed by atoms with Crippen molar-refractivity contribution >= 4 is 28.3 Å². The Labute approximate surface area is 213 Å². The molecule has 2 saturated heterocycles. The van der Waals surface area contributed by atoms with Crippen LogP contribution in [0.1, 0.15) is 20.8 Å². The van der Waals surface area contributed by atoms with Crippen molar-refractivity contribution in [2.24, 2.45) is 11.8 Å². The summed E-state index contributed by atoms with van der Waals surface area (Å²) in [6, 6.07) is 4.92. The fourth-order valence-corrected chi connectivity index (χ4v) is 5.44. The summed E-state index contributed by atoms with van der Waals surface area (Å²) in [6.07, 6.45) is 7.06. The lowest BCUT2D eigenvalue weighted by molar-refractivity contribution is 0.0282. The second-order valence-electron chi connectivity index (χ2n) is 10.8. The molecule has 0 radical (unpaired) electrons. The van der Waals surface area contributed by atoms with E-state index < -0.39 is 11.4 Å². The van der Waals surface area contributed by atoms with Gasteiger partial charge < -0.3 is 19.3 Å². The van der Waals surface area contributed by atoms with Gasteiger partial charge in [-0.15, -0.1) is 0 Å². The highest BCUT2D eigenvalue weighted by atomic mass is 19.1. The Morgan fingerprint density at radius 1 is 1.05 bits per heavy atom. The molecular weight excluding hydrogens is 475 g/mol. The molecule has 2 unspecified atom stereocenters. The van der Waals surface area contributed by atoms with Crippen molar-refractivity contribution in [3.8, 4) is 16.9 Å². The number of pyridine rings is 1. The topological polar surface area (TPSA) is 85.1 Å². The van der Waals surface area contributed by atoms with Crippen molar-refractivity contribution in [3.05, 3.63) is 48.8 Å². The molecule has 192 valence electrons. The molecule has 9 nitrogen and oxygen atoms in total. The zero-order valence-electron chi connectivity index (χ0n) is 21.3. The maximum absolute atomic E-state index is 14.2. The summed E-state index contributed by atoms with van der Waals surface area (Å²) in [5.41, 5.74) is 3.43. The molecule has 0 spiro atoms. The van der Waals surface area contributed by atoms with E-state index in [1.807, 2.05) is 44.1 Å². The molecule has 37 heavy (non-hydrogen) atoms. The molecule has 0 N–H and O–H groups in total. The summed E-state index contributed by atoms with van der Waals surface area (Å²) in [5.74, 6) is 0.509. The fourth-order valence-electron chi connectivity index (χ4n) is 5.44. The monoisotopic (exact) mass is 504 g/mol. The predicted molar refractivity (Wildman–Crippen MR) is 137 cm³/mol. The molecule has 5 heterocycles. The minimum atomic E-state index is -0.491. The van der Waals surface area contributed by atoms with Crippen molar-refractivity contribution < 1.29 is 18.7 Å². The van der Waals surface area contributed by atoms with Gasteiger partial charge in [0.05, 0.1) is 36.9 Å². The Bertz CT molecular complexity index is 1500. The third kappa shape index (κ3) is 4.20. The Kier molecular flexibility index (Phi) is 5.43.